The number of carbonyl (C=O) groups is 1. The third-order valence-corrected chi connectivity index (χ3v) is 7.42. The molecule has 1 atom stereocenters. The first-order valence-electron chi connectivity index (χ1n) is 14.3. The highest BCUT2D eigenvalue weighted by atomic mass is 16.5. The molecule has 1 aliphatic rings. The Kier molecular flexibility index (Phi) is 8.73. The number of aliphatic hydroxyl groups is 1. The summed E-state index contributed by atoms with van der Waals surface area (Å²) in [6, 6.07) is 22.0. The molecule has 0 spiro atoms. The van der Waals surface area contributed by atoms with Crippen molar-refractivity contribution in [2.75, 3.05) is 44.8 Å². The second-order valence-electron chi connectivity index (χ2n) is 11.7. The van der Waals surface area contributed by atoms with Gasteiger partial charge in [-0.2, -0.15) is 5.10 Å². The molecule has 216 valence electrons. The standard InChI is InChI=1S/C33H40N4O4/c1-23-9-11-24(12-10-23)37-25(19-31(35-37)33(2,3)4)20-32(39)34-29-13-14-30(28-8-6-5-7-27(28)29)41-18-16-36-15-17-40-26(21-36)22-38/h5-14,19,26,38H,15-18,20-22H2,1-4H3,(H,34,39). The molecule has 1 aromatic heterocycles. The van der Waals surface area contributed by atoms with E-state index in [9.17, 15) is 9.90 Å². The second kappa shape index (κ2) is 12.4. The number of aryl methyl sites for hydroxylation is 1. The average Bonchev–Trinajstić information content (AvgIpc) is 3.39. The lowest BCUT2D eigenvalue weighted by Crippen LogP contribution is -2.45. The van der Waals surface area contributed by atoms with E-state index in [-0.39, 0.29) is 30.5 Å². The van der Waals surface area contributed by atoms with Crippen LogP contribution in [0.2, 0.25) is 0 Å². The van der Waals surface area contributed by atoms with Crippen molar-refractivity contribution in [3.63, 3.8) is 0 Å². The van der Waals surface area contributed by atoms with E-state index < -0.39 is 0 Å². The summed E-state index contributed by atoms with van der Waals surface area (Å²) in [5, 5.41) is 19.3. The first kappa shape index (κ1) is 28.8. The van der Waals surface area contributed by atoms with Gasteiger partial charge in [0.25, 0.3) is 0 Å². The van der Waals surface area contributed by atoms with Crippen molar-refractivity contribution in [2.45, 2.75) is 45.6 Å². The Morgan fingerprint density at radius 2 is 1.85 bits per heavy atom. The maximum atomic E-state index is 13.4. The number of anilines is 1. The van der Waals surface area contributed by atoms with Gasteiger partial charge in [0.2, 0.25) is 5.91 Å². The van der Waals surface area contributed by atoms with Gasteiger partial charge in [0.15, 0.2) is 0 Å². The lowest BCUT2D eigenvalue weighted by Gasteiger charge is -2.31. The quantitative estimate of drug-likeness (QED) is 0.305. The third kappa shape index (κ3) is 6.96. The molecule has 5 rings (SSSR count). The zero-order valence-corrected chi connectivity index (χ0v) is 24.4. The molecule has 41 heavy (non-hydrogen) atoms. The van der Waals surface area contributed by atoms with Crippen molar-refractivity contribution < 1.29 is 19.4 Å². The van der Waals surface area contributed by atoms with Crippen LogP contribution in [-0.2, 0) is 21.4 Å². The van der Waals surface area contributed by atoms with Gasteiger partial charge in [-0.1, -0.05) is 62.7 Å². The van der Waals surface area contributed by atoms with E-state index in [1.54, 1.807) is 0 Å². The van der Waals surface area contributed by atoms with Crippen molar-refractivity contribution in [2.24, 2.45) is 0 Å². The Morgan fingerprint density at radius 1 is 1.10 bits per heavy atom. The summed E-state index contributed by atoms with van der Waals surface area (Å²) < 4.78 is 13.6. The zero-order valence-electron chi connectivity index (χ0n) is 24.4. The van der Waals surface area contributed by atoms with Gasteiger partial charge in [-0.05, 0) is 37.3 Å². The van der Waals surface area contributed by atoms with Crippen molar-refractivity contribution in [1.82, 2.24) is 14.7 Å². The van der Waals surface area contributed by atoms with E-state index in [1.807, 2.05) is 59.3 Å². The minimum Gasteiger partial charge on any atom is -0.492 e. The highest BCUT2D eigenvalue weighted by Gasteiger charge is 2.22. The number of carbonyl (C=O) groups excluding carboxylic acids is 1. The number of hydrogen-bond acceptors (Lipinski definition) is 6. The molecule has 2 N–H and O–H groups in total. The van der Waals surface area contributed by atoms with Gasteiger partial charge < -0.3 is 19.9 Å². The Morgan fingerprint density at radius 3 is 2.59 bits per heavy atom. The Bertz CT molecular complexity index is 1490. The minimum absolute atomic E-state index is 0.0290. The first-order valence-corrected chi connectivity index (χ1v) is 14.3. The number of nitrogens with zero attached hydrogens (tertiary/aromatic N) is 3. The van der Waals surface area contributed by atoms with E-state index in [4.69, 9.17) is 14.6 Å². The summed E-state index contributed by atoms with van der Waals surface area (Å²) in [6.07, 6.45) is 0.0563. The maximum absolute atomic E-state index is 13.4. The van der Waals surface area contributed by atoms with E-state index in [1.165, 1.54) is 5.56 Å². The van der Waals surface area contributed by atoms with Gasteiger partial charge in [-0.3, -0.25) is 9.69 Å². The Balaban J connectivity index is 1.31. The van der Waals surface area contributed by atoms with Crippen LogP contribution in [0.5, 0.6) is 5.75 Å². The van der Waals surface area contributed by atoms with Crippen molar-refractivity contribution in [1.29, 1.82) is 0 Å². The summed E-state index contributed by atoms with van der Waals surface area (Å²) in [4.78, 5) is 15.6. The number of ether oxygens (including phenoxy) is 2. The summed E-state index contributed by atoms with van der Waals surface area (Å²) in [5.74, 6) is 0.668. The van der Waals surface area contributed by atoms with Crippen LogP contribution in [0.4, 0.5) is 5.69 Å². The number of hydrogen-bond donors (Lipinski definition) is 2. The predicted molar refractivity (Wildman–Crippen MR) is 162 cm³/mol. The molecule has 0 aliphatic carbocycles. The van der Waals surface area contributed by atoms with E-state index in [0.29, 0.717) is 19.8 Å². The maximum Gasteiger partial charge on any atom is 0.230 e. The highest BCUT2D eigenvalue weighted by Crippen LogP contribution is 2.32. The molecular weight excluding hydrogens is 516 g/mol. The number of rotatable bonds is 9. The number of aromatic nitrogens is 2. The molecular formula is C33H40N4O4. The number of amides is 1. The lowest BCUT2D eigenvalue weighted by atomic mass is 9.92. The fourth-order valence-electron chi connectivity index (χ4n) is 5.07. The Hall–Kier alpha value is -3.72. The van der Waals surface area contributed by atoms with E-state index in [0.717, 1.165) is 52.4 Å². The van der Waals surface area contributed by atoms with Crippen LogP contribution in [0.25, 0.3) is 16.5 Å². The number of morpholine rings is 1. The molecule has 1 saturated heterocycles. The SMILES string of the molecule is Cc1ccc(-n2nc(C(C)(C)C)cc2CC(=O)Nc2ccc(OCCN3CCOC(CO)C3)c3ccccc23)cc1. The van der Waals surface area contributed by atoms with Gasteiger partial charge in [-0.25, -0.2) is 4.68 Å². The van der Waals surface area contributed by atoms with Crippen LogP contribution in [0, 0.1) is 6.92 Å². The number of fused-ring (bicyclic) bond motifs is 1. The fourth-order valence-corrected chi connectivity index (χ4v) is 5.07. The second-order valence-corrected chi connectivity index (χ2v) is 11.7. The van der Waals surface area contributed by atoms with Gasteiger partial charge >= 0.3 is 0 Å². The molecule has 4 aromatic rings. The fraction of sp³-hybridized carbons (Fsp3) is 0.394. The molecule has 1 fully saturated rings. The van der Waals surface area contributed by atoms with Crippen LogP contribution in [-0.4, -0.2) is 71.3 Å². The normalized spacial score (nSPS) is 16.2. The van der Waals surface area contributed by atoms with Crippen LogP contribution >= 0.6 is 0 Å². The number of aliphatic hydroxyl groups excluding tert-OH is 1. The molecule has 0 radical (unpaired) electrons. The molecule has 1 unspecified atom stereocenters. The summed E-state index contributed by atoms with van der Waals surface area (Å²) in [5.41, 5.74) is 4.49. The summed E-state index contributed by atoms with van der Waals surface area (Å²) in [6.45, 7) is 11.9. The van der Waals surface area contributed by atoms with E-state index in [2.05, 4.69) is 50.0 Å². The Labute approximate surface area is 241 Å². The molecule has 1 amide bonds. The zero-order chi connectivity index (χ0) is 29.0. The lowest BCUT2D eigenvalue weighted by molar-refractivity contribution is -0.115. The molecule has 8 heteroatoms. The molecule has 0 saturated carbocycles. The van der Waals surface area contributed by atoms with Crippen LogP contribution in [0.3, 0.4) is 0 Å². The molecule has 1 aliphatic heterocycles. The first-order chi connectivity index (χ1) is 19.7. The number of benzene rings is 3. The highest BCUT2D eigenvalue weighted by molar-refractivity contribution is 6.04. The van der Waals surface area contributed by atoms with E-state index >= 15 is 0 Å². The van der Waals surface area contributed by atoms with Gasteiger partial charge in [0.1, 0.15) is 12.4 Å². The average molecular weight is 557 g/mol. The molecule has 3 aromatic carbocycles. The third-order valence-electron chi connectivity index (χ3n) is 7.42. The predicted octanol–water partition coefficient (Wildman–Crippen LogP) is 4.88. The molecule has 8 nitrogen and oxygen atoms in total. The number of nitrogens with one attached hydrogen (secondary N) is 1. The van der Waals surface area contributed by atoms with Crippen LogP contribution in [0.1, 0.15) is 37.7 Å². The van der Waals surface area contributed by atoms with Crippen LogP contribution < -0.4 is 10.1 Å². The van der Waals surface area contributed by atoms with Crippen molar-refractivity contribution in [3.8, 4) is 11.4 Å². The topological polar surface area (TPSA) is 88.9 Å². The van der Waals surface area contributed by atoms with Crippen molar-refractivity contribution in [3.05, 3.63) is 83.7 Å². The smallest absolute Gasteiger partial charge is 0.230 e. The largest absolute Gasteiger partial charge is 0.492 e. The summed E-state index contributed by atoms with van der Waals surface area (Å²) >= 11 is 0. The van der Waals surface area contributed by atoms with Gasteiger partial charge in [0, 0.05) is 41.5 Å². The van der Waals surface area contributed by atoms with Gasteiger partial charge in [-0.15, -0.1) is 0 Å². The summed E-state index contributed by atoms with van der Waals surface area (Å²) in [7, 11) is 0. The molecule has 2 heterocycles. The van der Waals surface area contributed by atoms with Crippen molar-refractivity contribution >= 4 is 22.4 Å². The minimum atomic E-state index is -0.143. The van der Waals surface area contributed by atoms with Crippen LogP contribution in [0.15, 0.2) is 66.7 Å². The molecule has 0 bridgehead atoms. The monoisotopic (exact) mass is 556 g/mol. The van der Waals surface area contributed by atoms with Gasteiger partial charge in [0.05, 0.1) is 42.8 Å².